The number of rotatable bonds is 2. The van der Waals surface area contributed by atoms with Crippen LogP contribution in [-0.2, 0) is 0 Å². The zero-order valence-corrected chi connectivity index (χ0v) is 5.51. The summed E-state index contributed by atoms with van der Waals surface area (Å²) in [5, 5.41) is 8.75. The van der Waals surface area contributed by atoms with Crippen LogP contribution in [0.5, 0.6) is 0 Å². The molecule has 2 aliphatic rings. The van der Waals surface area contributed by atoms with Gasteiger partial charge in [-0.05, 0) is 36.6 Å². The Labute approximate surface area is 55.1 Å². The Hall–Kier alpha value is -0.0800. The summed E-state index contributed by atoms with van der Waals surface area (Å²) in [6.45, 7) is 1.22. The molecule has 3 unspecified atom stereocenters. The van der Waals surface area contributed by atoms with Gasteiger partial charge in [-0.3, -0.25) is 0 Å². The third-order valence-electron chi connectivity index (χ3n) is 3.06. The van der Waals surface area contributed by atoms with Gasteiger partial charge in [0.1, 0.15) is 0 Å². The van der Waals surface area contributed by atoms with E-state index < -0.39 is 0 Å². The maximum Gasteiger partial charge on any atom is 0.0464 e. The van der Waals surface area contributed by atoms with Crippen LogP contribution < -0.4 is 5.73 Å². The first kappa shape index (κ1) is 5.69. The molecule has 0 aliphatic heterocycles. The Bertz CT molecular complexity index is 119. The average Bonchev–Trinajstić information content (AvgIpc) is 2.74. The molecule has 2 saturated carbocycles. The molecule has 9 heavy (non-hydrogen) atoms. The minimum absolute atomic E-state index is 0.385. The molecule has 0 aromatic heterocycles. The summed E-state index contributed by atoms with van der Waals surface area (Å²) in [6, 6.07) is 0. The molecule has 0 bridgehead atoms. The number of hydrogen-bond donors (Lipinski definition) is 2. The number of aliphatic hydroxyl groups is 1. The zero-order valence-electron chi connectivity index (χ0n) is 5.51. The fourth-order valence-corrected chi connectivity index (χ4v) is 2.11. The number of aliphatic hydroxyl groups excluding tert-OH is 1. The average molecular weight is 127 g/mol. The van der Waals surface area contributed by atoms with Crippen LogP contribution in [0.25, 0.3) is 0 Å². The standard InChI is InChI=1S/C7H13NO/c8-3-5-1-7(5)2-6(7)4-9/h5-6,9H,1-4,8H2. The third-order valence-corrected chi connectivity index (χ3v) is 3.06. The molecule has 2 aliphatic carbocycles. The lowest BCUT2D eigenvalue weighted by Gasteiger charge is -1.89. The van der Waals surface area contributed by atoms with E-state index in [0.717, 1.165) is 12.5 Å². The Morgan fingerprint density at radius 3 is 2.44 bits per heavy atom. The van der Waals surface area contributed by atoms with Crippen LogP contribution in [0.15, 0.2) is 0 Å². The molecule has 0 radical (unpaired) electrons. The van der Waals surface area contributed by atoms with Gasteiger partial charge >= 0.3 is 0 Å². The molecule has 0 aromatic rings. The van der Waals surface area contributed by atoms with E-state index in [1.54, 1.807) is 0 Å². The van der Waals surface area contributed by atoms with E-state index in [1.807, 2.05) is 0 Å². The number of hydrogen-bond acceptors (Lipinski definition) is 2. The first-order chi connectivity index (χ1) is 4.33. The Morgan fingerprint density at radius 2 is 2.11 bits per heavy atom. The second-order valence-electron chi connectivity index (χ2n) is 3.45. The van der Waals surface area contributed by atoms with Crippen LogP contribution >= 0.6 is 0 Å². The molecule has 2 heteroatoms. The van der Waals surface area contributed by atoms with Gasteiger partial charge in [-0.1, -0.05) is 0 Å². The molecule has 1 spiro atoms. The quantitative estimate of drug-likeness (QED) is 0.547. The van der Waals surface area contributed by atoms with Crippen molar-refractivity contribution in [1.82, 2.24) is 0 Å². The van der Waals surface area contributed by atoms with E-state index in [-0.39, 0.29) is 0 Å². The summed E-state index contributed by atoms with van der Waals surface area (Å²) in [5.41, 5.74) is 6.04. The van der Waals surface area contributed by atoms with Crippen LogP contribution in [0, 0.1) is 17.3 Å². The van der Waals surface area contributed by atoms with Gasteiger partial charge in [0.05, 0.1) is 0 Å². The molecule has 2 fully saturated rings. The van der Waals surface area contributed by atoms with Crippen LogP contribution in [0.1, 0.15) is 12.8 Å². The van der Waals surface area contributed by atoms with Crippen LogP contribution in [0.3, 0.4) is 0 Å². The molecule has 3 N–H and O–H groups in total. The SMILES string of the molecule is NCC1CC12CC2CO. The van der Waals surface area contributed by atoms with Crippen LogP contribution in [0.2, 0.25) is 0 Å². The number of nitrogens with two attached hydrogens (primary N) is 1. The predicted molar refractivity (Wildman–Crippen MR) is 34.8 cm³/mol. The van der Waals surface area contributed by atoms with E-state index in [4.69, 9.17) is 10.8 Å². The van der Waals surface area contributed by atoms with Crippen molar-refractivity contribution in [3.8, 4) is 0 Å². The lowest BCUT2D eigenvalue weighted by atomic mass is 10.2. The minimum Gasteiger partial charge on any atom is -0.396 e. The van der Waals surface area contributed by atoms with Crippen molar-refractivity contribution in [2.45, 2.75) is 12.8 Å². The summed E-state index contributed by atoms with van der Waals surface area (Å²) in [5.74, 6) is 1.38. The molecule has 2 rings (SSSR count). The molecule has 52 valence electrons. The molecular formula is C7H13NO. The Kier molecular flexibility index (Phi) is 0.945. The van der Waals surface area contributed by atoms with Crippen molar-refractivity contribution in [3.05, 3.63) is 0 Å². The summed E-state index contributed by atoms with van der Waals surface area (Å²) in [6.07, 6.45) is 2.53. The highest BCUT2D eigenvalue weighted by Crippen LogP contribution is 2.73. The second-order valence-corrected chi connectivity index (χ2v) is 3.45. The summed E-state index contributed by atoms with van der Waals surface area (Å²) in [4.78, 5) is 0. The van der Waals surface area contributed by atoms with E-state index in [9.17, 15) is 0 Å². The monoisotopic (exact) mass is 127 g/mol. The maximum absolute atomic E-state index is 8.75. The predicted octanol–water partition coefficient (Wildman–Crippen LogP) is -0.0364. The van der Waals surface area contributed by atoms with Crippen molar-refractivity contribution >= 4 is 0 Å². The summed E-state index contributed by atoms with van der Waals surface area (Å²) in [7, 11) is 0. The van der Waals surface area contributed by atoms with Gasteiger partial charge in [0.25, 0.3) is 0 Å². The molecule has 0 aromatic carbocycles. The van der Waals surface area contributed by atoms with Crippen LogP contribution in [0.4, 0.5) is 0 Å². The minimum atomic E-state index is 0.385. The molecular weight excluding hydrogens is 114 g/mol. The lowest BCUT2D eigenvalue weighted by molar-refractivity contribution is 0.265. The van der Waals surface area contributed by atoms with Crippen molar-refractivity contribution in [3.63, 3.8) is 0 Å². The fourth-order valence-electron chi connectivity index (χ4n) is 2.11. The topological polar surface area (TPSA) is 46.2 Å². The second kappa shape index (κ2) is 1.50. The normalized spacial score (nSPS) is 54.0. The smallest absolute Gasteiger partial charge is 0.0464 e. The van der Waals surface area contributed by atoms with Crippen molar-refractivity contribution in [1.29, 1.82) is 0 Å². The van der Waals surface area contributed by atoms with Crippen molar-refractivity contribution in [2.75, 3.05) is 13.2 Å². The fraction of sp³-hybridized carbons (Fsp3) is 1.00. The van der Waals surface area contributed by atoms with Gasteiger partial charge in [0, 0.05) is 6.61 Å². The van der Waals surface area contributed by atoms with E-state index in [2.05, 4.69) is 0 Å². The highest BCUT2D eigenvalue weighted by molar-refractivity contribution is 5.18. The van der Waals surface area contributed by atoms with Gasteiger partial charge < -0.3 is 10.8 Å². The zero-order chi connectivity index (χ0) is 6.48. The highest BCUT2D eigenvalue weighted by atomic mass is 16.3. The lowest BCUT2D eigenvalue weighted by Crippen LogP contribution is -2.03. The molecule has 0 saturated heterocycles. The summed E-state index contributed by atoms with van der Waals surface area (Å²) >= 11 is 0. The molecule has 2 nitrogen and oxygen atoms in total. The van der Waals surface area contributed by atoms with E-state index >= 15 is 0 Å². The maximum atomic E-state index is 8.75. The molecule has 3 atom stereocenters. The third kappa shape index (κ3) is 0.578. The van der Waals surface area contributed by atoms with Gasteiger partial charge in [0.2, 0.25) is 0 Å². The van der Waals surface area contributed by atoms with Gasteiger partial charge in [-0.25, -0.2) is 0 Å². The van der Waals surface area contributed by atoms with Crippen LogP contribution in [-0.4, -0.2) is 18.3 Å². The van der Waals surface area contributed by atoms with Crippen molar-refractivity contribution in [2.24, 2.45) is 23.0 Å². The Morgan fingerprint density at radius 1 is 1.44 bits per heavy atom. The molecule has 0 amide bonds. The van der Waals surface area contributed by atoms with Gasteiger partial charge in [-0.15, -0.1) is 0 Å². The van der Waals surface area contributed by atoms with Gasteiger partial charge in [0.15, 0.2) is 0 Å². The highest BCUT2D eigenvalue weighted by Gasteiger charge is 2.68. The first-order valence-electron chi connectivity index (χ1n) is 3.64. The van der Waals surface area contributed by atoms with Gasteiger partial charge in [-0.2, -0.15) is 0 Å². The first-order valence-corrected chi connectivity index (χ1v) is 3.64. The Balaban J connectivity index is 1.90. The van der Waals surface area contributed by atoms with Crippen molar-refractivity contribution < 1.29 is 5.11 Å². The molecule has 0 heterocycles. The van der Waals surface area contributed by atoms with E-state index in [1.165, 1.54) is 12.8 Å². The van der Waals surface area contributed by atoms with E-state index in [0.29, 0.717) is 17.9 Å². The largest absolute Gasteiger partial charge is 0.396 e. The summed E-state index contributed by atoms with van der Waals surface area (Å²) < 4.78 is 0.